The van der Waals surface area contributed by atoms with Crippen LogP contribution in [0.3, 0.4) is 0 Å². The molecule has 1 amide bonds. The lowest BCUT2D eigenvalue weighted by Crippen LogP contribution is -2.29. The molecule has 5 rings (SSSR count). The monoisotopic (exact) mass is 386 g/mol. The number of benzene rings is 2. The molecule has 1 aliphatic heterocycles. The SMILES string of the molecule is Cc1ccnnc1CC1c2ccccc2C(=O)N1Cc1ccc2[nH]c(=O)oc2c1. The van der Waals surface area contributed by atoms with E-state index in [1.165, 1.54) is 0 Å². The van der Waals surface area contributed by atoms with Gasteiger partial charge in [-0.1, -0.05) is 24.3 Å². The molecule has 1 N–H and O–H groups in total. The van der Waals surface area contributed by atoms with Crippen molar-refractivity contribution in [3.8, 4) is 0 Å². The molecule has 0 bridgehead atoms. The van der Waals surface area contributed by atoms with Crippen molar-refractivity contribution in [2.75, 3.05) is 0 Å². The van der Waals surface area contributed by atoms with Gasteiger partial charge in [-0.25, -0.2) is 4.79 Å². The molecule has 2 aromatic carbocycles. The van der Waals surface area contributed by atoms with Crippen LogP contribution < -0.4 is 5.76 Å². The second-order valence-electron chi connectivity index (χ2n) is 7.25. The molecule has 29 heavy (non-hydrogen) atoms. The van der Waals surface area contributed by atoms with Crippen molar-refractivity contribution in [2.24, 2.45) is 0 Å². The van der Waals surface area contributed by atoms with Gasteiger partial charge in [-0.05, 0) is 47.9 Å². The second kappa shape index (κ2) is 6.70. The number of hydrogen-bond donors (Lipinski definition) is 1. The Morgan fingerprint density at radius 3 is 2.86 bits per heavy atom. The topological polar surface area (TPSA) is 92.1 Å². The van der Waals surface area contributed by atoms with Gasteiger partial charge >= 0.3 is 5.76 Å². The van der Waals surface area contributed by atoms with Gasteiger partial charge in [-0.15, -0.1) is 0 Å². The number of aromatic amines is 1. The third-order valence-electron chi connectivity index (χ3n) is 5.44. The molecule has 3 heterocycles. The predicted octanol–water partition coefficient (Wildman–Crippen LogP) is 3.16. The number of amides is 1. The molecule has 2 aromatic heterocycles. The molecule has 7 nitrogen and oxygen atoms in total. The molecular weight excluding hydrogens is 368 g/mol. The van der Waals surface area contributed by atoms with Gasteiger partial charge in [-0.3, -0.25) is 9.78 Å². The fraction of sp³-hybridized carbons (Fsp3) is 0.182. The molecule has 0 radical (unpaired) electrons. The van der Waals surface area contributed by atoms with E-state index in [1.54, 1.807) is 18.3 Å². The van der Waals surface area contributed by atoms with Gasteiger partial charge in [0.2, 0.25) is 0 Å². The number of H-pyrrole nitrogens is 1. The van der Waals surface area contributed by atoms with E-state index >= 15 is 0 Å². The minimum Gasteiger partial charge on any atom is -0.408 e. The highest BCUT2D eigenvalue weighted by atomic mass is 16.4. The number of nitrogens with one attached hydrogen (secondary N) is 1. The zero-order valence-electron chi connectivity index (χ0n) is 15.8. The Morgan fingerprint density at radius 2 is 2.00 bits per heavy atom. The maximum Gasteiger partial charge on any atom is 0.417 e. The number of oxazole rings is 1. The summed E-state index contributed by atoms with van der Waals surface area (Å²) in [5.41, 5.74) is 5.65. The van der Waals surface area contributed by atoms with Crippen LogP contribution in [0.2, 0.25) is 0 Å². The van der Waals surface area contributed by atoms with Crippen LogP contribution >= 0.6 is 0 Å². The van der Waals surface area contributed by atoms with Crippen molar-refractivity contribution in [1.82, 2.24) is 20.1 Å². The van der Waals surface area contributed by atoms with E-state index in [2.05, 4.69) is 15.2 Å². The van der Waals surface area contributed by atoms with E-state index in [-0.39, 0.29) is 11.9 Å². The summed E-state index contributed by atoms with van der Waals surface area (Å²) in [5.74, 6) is -0.499. The summed E-state index contributed by atoms with van der Waals surface area (Å²) in [5, 5.41) is 8.29. The Hall–Kier alpha value is -3.74. The summed E-state index contributed by atoms with van der Waals surface area (Å²) >= 11 is 0. The molecule has 0 saturated carbocycles. The summed E-state index contributed by atoms with van der Waals surface area (Å²) < 4.78 is 5.17. The quantitative estimate of drug-likeness (QED) is 0.582. The van der Waals surface area contributed by atoms with Crippen LogP contribution in [0.25, 0.3) is 11.1 Å². The third kappa shape index (κ3) is 3.00. The summed E-state index contributed by atoms with van der Waals surface area (Å²) in [6, 6.07) is 15.0. The zero-order valence-corrected chi connectivity index (χ0v) is 15.8. The van der Waals surface area contributed by atoms with Crippen LogP contribution in [0.4, 0.5) is 0 Å². The van der Waals surface area contributed by atoms with Gasteiger partial charge in [0.15, 0.2) is 5.58 Å². The van der Waals surface area contributed by atoms with E-state index in [9.17, 15) is 9.59 Å². The minimum absolute atomic E-state index is 0.0113. The van der Waals surface area contributed by atoms with Crippen LogP contribution in [-0.4, -0.2) is 26.0 Å². The molecule has 1 unspecified atom stereocenters. The normalized spacial score (nSPS) is 15.8. The highest BCUT2D eigenvalue weighted by Crippen LogP contribution is 2.37. The van der Waals surface area contributed by atoms with Gasteiger partial charge in [0.25, 0.3) is 5.91 Å². The number of aromatic nitrogens is 3. The van der Waals surface area contributed by atoms with E-state index in [0.29, 0.717) is 29.6 Å². The minimum atomic E-state index is -0.488. The number of fused-ring (bicyclic) bond motifs is 2. The standard InChI is InChI=1S/C22H18N4O3/c1-13-8-9-23-25-18(13)11-19-15-4-2-3-5-16(15)21(27)26(19)12-14-6-7-17-20(10-14)29-22(28)24-17/h2-10,19H,11-12H2,1H3,(H,24,28). The second-order valence-corrected chi connectivity index (χ2v) is 7.25. The first kappa shape index (κ1) is 17.4. The first-order valence-electron chi connectivity index (χ1n) is 9.39. The van der Waals surface area contributed by atoms with Crippen LogP contribution in [0.5, 0.6) is 0 Å². The Morgan fingerprint density at radius 1 is 1.14 bits per heavy atom. The first-order chi connectivity index (χ1) is 14.1. The van der Waals surface area contributed by atoms with Gasteiger partial charge < -0.3 is 9.32 Å². The van der Waals surface area contributed by atoms with Gasteiger partial charge in [-0.2, -0.15) is 10.2 Å². The van der Waals surface area contributed by atoms with E-state index in [1.807, 2.05) is 48.2 Å². The van der Waals surface area contributed by atoms with E-state index in [0.717, 1.165) is 22.4 Å². The fourth-order valence-corrected chi connectivity index (χ4v) is 3.94. The van der Waals surface area contributed by atoms with Gasteiger partial charge in [0, 0.05) is 24.7 Å². The van der Waals surface area contributed by atoms with Crippen LogP contribution in [-0.2, 0) is 13.0 Å². The van der Waals surface area contributed by atoms with Crippen molar-refractivity contribution < 1.29 is 9.21 Å². The summed E-state index contributed by atoms with van der Waals surface area (Å²) in [7, 11) is 0. The molecule has 0 fully saturated rings. The average molecular weight is 386 g/mol. The van der Waals surface area contributed by atoms with Crippen LogP contribution in [0.15, 0.2) is 63.9 Å². The lowest BCUT2D eigenvalue weighted by molar-refractivity contribution is 0.0708. The molecular formula is C22H18N4O3. The Kier molecular flexibility index (Phi) is 4.01. The number of carbonyl (C=O) groups excluding carboxylic acids is 1. The molecule has 1 aliphatic rings. The largest absolute Gasteiger partial charge is 0.417 e. The molecule has 0 aliphatic carbocycles. The number of carbonyl (C=O) groups is 1. The van der Waals surface area contributed by atoms with Crippen molar-refractivity contribution >= 4 is 17.0 Å². The van der Waals surface area contributed by atoms with Gasteiger partial charge in [0.05, 0.1) is 17.3 Å². The fourth-order valence-electron chi connectivity index (χ4n) is 3.94. The van der Waals surface area contributed by atoms with Crippen molar-refractivity contribution in [3.05, 3.63) is 93.2 Å². The smallest absolute Gasteiger partial charge is 0.408 e. The third-order valence-corrected chi connectivity index (χ3v) is 5.44. The molecule has 0 spiro atoms. The molecule has 0 saturated heterocycles. The van der Waals surface area contributed by atoms with E-state index < -0.39 is 5.76 Å². The average Bonchev–Trinajstić information content (AvgIpc) is 3.21. The molecule has 144 valence electrons. The van der Waals surface area contributed by atoms with Crippen molar-refractivity contribution in [1.29, 1.82) is 0 Å². The maximum absolute atomic E-state index is 13.2. The summed E-state index contributed by atoms with van der Waals surface area (Å²) in [4.78, 5) is 29.1. The Balaban J connectivity index is 1.53. The zero-order chi connectivity index (χ0) is 20.0. The van der Waals surface area contributed by atoms with Gasteiger partial charge in [0.1, 0.15) is 0 Å². The number of rotatable bonds is 4. The van der Waals surface area contributed by atoms with E-state index in [4.69, 9.17) is 4.42 Å². The van der Waals surface area contributed by atoms with Crippen LogP contribution in [0, 0.1) is 6.92 Å². The highest BCUT2D eigenvalue weighted by Gasteiger charge is 2.36. The molecule has 7 heteroatoms. The Bertz CT molecular complexity index is 1290. The predicted molar refractivity (Wildman–Crippen MR) is 106 cm³/mol. The van der Waals surface area contributed by atoms with Crippen molar-refractivity contribution in [2.45, 2.75) is 25.9 Å². The lowest BCUT2D eigenvalue weighted by atomic mass is 9.99. The Labute approximate surface area is 166 Å². The number of hydrogen-bond acceptors (Lipinski definition) is 5. The first-order valence-corrected chi connectivity index (χ1v) is 9.39. The summed E-state index contributed by atoms with van der Waals surface area (Å²) in [6.07, 6.45) is 2.26. The number of nitrogens with zero attached hydrogens (tertiary/aromatic N) is 3. The molecule has 4 aromatic rings. The van der Waals surface area contributed by atoms with Crippen molar-refractivity contribution in [3.63, 3.8) is 0 Å². The number of aryl methyl sites for hydroxylation is 1. The highest BCUT2D eigenvalue weighted by molar-refractivity contribution is 5.99. The molecule has 1 atom stereocenters. The summed E-state index contributed by atoms with van der Waals surface area (Å²) in [6.45, 7) is 2.40. The van der Waals surface area contributed by atoms with Crippen LogP contribution in [0.1, 0.15) is 38.8 Å². The lowest BCUT2D eigenvalue weighted by Gasteiger charge is -2.25. The maximum atomic E-state index is 13.2.